The molecule has 0 heterocycles. The van der Waals surface area contributed by atoms with Crippen LogP contribution in [-0.2, 0) is 20.7 Å². The van der Waals surface area contributed by atoms with E-state index in [1.165, 1.54) is 6.92 Å². The van der Waals surface area contributed by atoms with Crippen molar-refractivity contribution in [1.29, 1.82) is 0 Å². The van der Waals surface area contributed by atoms with E-state index in [0.29, 0.717) is 27.8 Å². The topological polar surface area (TPSA) is 64.6 Å². The number of para-hydroxylation sites is 2. The third-order valence-corrected chi connectivity index (χ3v) is 4.80. The summed E-state index contributed by atoms with van der Waals surface area (Å²) in [7, 11) is 0. The van der Waals surface area contributed by atoms with Gasteiger partial charge < -0.3 is 14.8 Å². The molecular formula is C18H14Br3Cl2NO4. The monoisotopic (exact) mass is 615 g/mol. The molecule has 0 aliphatic carbocycles. The normalized spacial score (nSPS) is 11.1. The number of anilines is 2. The van der Waals surface area contributed by atoms with Crippen molar-refractivity contribution in [2.75, 3.05) is 11.9 Å². The molecule has 0 fully saturated rings. The highest BCUT2D eigenvalue weighted by atomic mass is 80.0. The van der Waals surface area contributed by atoms with Gasteiger partial charge in [-0.25, -0.2) is 4.79 Å². The number of nitrogens with one attached hydrogen (secondary N) is 1. The number of carbonyl (C=O) groups excluding carboxylic acids is 2. The first-order chi connectivity index (χ1) is 13.1. The molecule has 2 rings (SSSR count). The summed E-state index contributed by atoms with van der Waals surface area (Å²) >= 11 is 22.9. The third kappa shape index (κ3) is 7.22. The number of alkyl halides is 3. The molecule has 0 aliphatic heterocycles. The van der Waals surface area contributed by atoms with E-state index in [1.54, 1.807) is 30.3 Å². The van der Waals surface area contributed by atoms with E-state index in [1.807, 2.05) is 6.07 Å². The number of carbonyl (C=O) groups is 2. The summed E-state index contributed by atoms with van der Waals surface area (Å²) < 4.78 is 9.50. The van der Waals surface area contributed by atoms with Gasteiger partial charge in [0.15, 0.2) is 12.4 Å². The van der Waals surface area contributed by atoms with Gasteiger partial charge in [-0.15, -0.1) is 0 Å². The lowest BCUT2D eigenvalue weighted by molar-refractivity contribution is -0.151. The van der Waals surface area contributed by atoms with Gasteiger partial charge in [-0.2, -0.15) is 0 Å². The van der Waals surface area contributed by atoms with Crippen LogP contribution in [0.15, 0.2) is 36.4 Å². The molecule has 0 amide bonds. The number of hydrogen-bond acceptors (Lipinski definition) is 5. The van der Waals surface area contributed by atoms with Gasteiger partial charge in [-0.3, -0.25) is 4.79 Å². The Kier molecular flexibility index (Phi) is 8.63. The Morgan fingerprint density at radius 3 is 2.21 bits per heavy atom. The van der Waals surface area contributed by atoms with E-state index in [9.17, 15) is 9.59 Å². The Hall–Kier alpha value is -0.800. The highest BCUT2D eigenvalue weighted by Crippen LogP contribution is 2.43. The molecule has 1 N–H and O–H groups in total. The second kappa shape index (κ2) is 10.3. The van der Waals surface area contributed by atoms with E-state index in [0.717, 1.165) is 5.56 Å². The van der Waals surface area contributed by atoms with Crippen LogP contribution in [0, 0.1) is 0 Å². The Balaban J connectivity index is 2.43. The number of ether oxygens (including phenoxy) is 2. The quantitative estimate of drug-likeness (QED) is 0.225. The van der Waals surface area contributed by atoms with Gasteiger partial charge >= 0.3 is 11.9 Å². The minimum atomic E-state index is -0.719. The molecule has 0 aliphatic rings. The zero-order chi connectivity index (χ0) is 20.9. The van der Waals surface area contributed by atoms with Crippen LogP contribution >= 0.6 is 71.0 Å². The van der Waals surface area contributed by atoms with E-state index in [4.69, 9.17) is 27.9 Å². The molecule has 2 aromatic rings. The van der Waals surface area contributed by atoms with Crippen LogP contribution in [0.2, 0.25) is 10.0 Å². The molecule has 0 radical (unpaired) electrons. The molecule has 10 heteroatoms. The molecule has 0 spiro atoms. The summed E-state index contributed by atoms with van der Waals surface area (Å²) in [6.07, 6.45) is 0.465. The maximum Gasteiger partial charge on any atom is 0.349 e. The number of halogens is 5. The minimum absolute atomic E-state index is 0.238. The lowest BCUT2D eigenvalue weighted by Gasteiger charge is -2.20. The van der Waals surface area contributed by atoms with Crippen LogP contribution in [0.4, 0.5) is 11.4 Å². The van der Waals surface area contributed by atoms with E-state index in [2.05, 4.69) is 57.8 Å². The maximum atomic E-state index is 12.0. The molecule has 150 valence electrons. The lowest BCUT2D eigenvalue weighted by atomic mass is 10.1. The fourth-order valence-electron chi connectivity index (χ4n) is 2.22. The zero-order valence-electron chi connectivity index (χ0n) is 14.4. The largest absolute Gasteiger partial charge is 0.454 e. The van der Waals surface area contributed by atoms with Crippen molar-refractivity contribution in [3.63, 3.8) is 0 Å². The fourth-order valence-corrected chi connectivity index (χ4v) is 3.62. The summed E-state index contributed by atoms with van der Waals surface area (Å²) in [5.74, 6) is -1.06. The first-order valence-corrected chi connectivity index (χ1v) is 10.9. The molecule has 0 saturated heterocycles. The van der Waals surface area contributed by atoms with Crippen LogP contribution < -0.4 is 10.1 Å². The van der Waals surface area contributed by atoms with Crippen molar-refractivity contribution in [3.05, 3.63) is 52.0 Å². The van der Waals surface area contributed by atoms with Crippen molar-refractivity contribution in [3.8, 4) is 5.75 Å². The second-order valence-corrected chi connectivity index (χ2v) is 13.6. The summed E-state index contributed by atoms with van der Waals surface area (Å²) in [6, 6.07) is 10.3. The van der Waals surface area contributed by atoms with Gasteiger partial charge in [-0.05, 0) is 23.8 Å². The van der Waals surface area contributed by atoms with Gasteiger partial charge in [0.2, 0.25) is 0 Å². The highest BCUT2D eigenvalue weighted by molar-refractivity contribution is 9.39. The Morgan fingerprint density at radius 1 is 1.04 bits per heavy atom. The Bertz CT molecular complexity index is 867. The highest BCUT2D eigenvalue weighted by Gasteiger charge is 2.23. The molecule has 0 aromatic heterocycles. The van der Waals surface area contributed by atoms with Crippen LogP contribution in [-0.4, -0.2) is 20.7 Å². The molecule has 0 unspecified atom stereocenters. The van der Waals surface area contributed by atoms with Crippen molar-refractivity contribution < 1.29 is 19.1 Å². The van der Waals surface area contributed by atoms with Gasteiger partial charge in [0.1, 0.15) is 2.14 Å². The predicted octanol–water partition coefficient (Wildman–Crippen LogP) is 6.59. The third-order valence-electron chi connectivity index (χ3n) is 3.33. The maximum absolute atomic E-state index is 12.0. The Labute approximate surface area is 197 Å². The summed E-state index contributed by atoms with van der Waals surface area (Å²) in [5, 5.41) is 3.97. The number of rotatable bonds is 6. The predicted molar refractivity (Wildman–Crippen MR) is 122 cm³/mol. The van der Waals surface area contributed by atoms with Crippen molar-refractivity contribution in [2.45, 2.75) is 15.5 Å². The molecule has 0 atom stereocenters. The zero-order valence-corrected chi connectivity index (χ0v) is 20.7. The van der Waals surface area contributed by atoms with Gasteiger partial charge in [0, 0.05) is 13.3 Å². The summed E-state index contributed by atoms with van der Waals surface area (Å²) in [5.41, 5.74) is 1.76. The van der Waals surface area contributed by atoms with Crippen LogP contribution in [0.25, 0.3) is 0 Å². The van der Waals surface area contributed by atoms with E-state index < -0.39 is 20.7 Å². The summed E-state index contributed by atoms with van der Waals surface area (Å²) in [6.45, 7) is 0.715. The summed E-state index contributed by atoms with van der Waals surface area (Å²) in [4.78, 5) is 23.0. The molecule has 0 bridgehead atoms. The fraction of sp³-hybridized carbons (Fsp3) is 0.222. The minimum Gasteiger partial charge on any atom is -0.454 e. The van der Waals surface area contributed by atoms with Crippen molar-refractivity contribution >= 4 is 94.3 Å². The number of esters is 2. The van der Waals surface area contributed by atoms with Crippen LogP contribution in [0.5, 0.6) is 5.75 Å². The van der Waals surface area contributed by atoms with Crippen molar-refractivity contribution in [2.24, 2.45) is 0 Å². The molecule has 0 saturated carbocycles. The average molecular weight is 619 g/mol. The molecular weight excluding hydrogens is 605 g/mol. The molecule has 2 aromatic carbocycles. The smallest absolute Gasteiger partial charge is 0.349 e. The molecule has 5 nitrogen and oxygen atoms in total. The van der Waals surface area contributed by atoms with Gasteiger partial charge in [0.25, 0.3) is 0 Å². The van der Waals surface area contributed by atoms with Crippen molar-refractivity contribution in [1.82, 2.24) is 0 Å². The average Bonchev–Trinajstić information content (AvgIpc) is 2.57. The molecule has 28 heavy (non-hydrogen) atoms. The van der Waals surface area contributed by atoms with E-state index in [-0.39, 0.29) is 5.75 Å². The lowest BCUT2D eigenvalue weighted by Crippen LogP contribution is -2.18. The van der Waals surface area contributed by atoms with E-state index >= 15 is 0 Å². The first kappa shape index (κ1) is 23.5. The number of benzene rings is 2. The first-order valence-electron chi connectivity index (χ1n) is 7.80. The Morgan fingerprint density at radius 2 is 1.64 bits per heavy atom. The standard InChI is InChI=1S/C18H14Br3Cl2NO4/c1-10(25)27-9-15(26)28-14-7-2-4-11(8-18(19,20)21)16(14)24-17-12(22)5-3-6-13(17)23/h2-7,24H,8-9H2,1H3. The number of hydrogen-bond donors (Lipinski definition) is 1. The van der Waals surface area contributed by atoms with Crippen LogP contribution in [0.3, 0.4) is 0 Å². The second-order valence-electron chi connectivity index (χ2n) is 5.56. The SMILES string of the molecule is CC(=O)OCC(=O)Oc1cccc(CC(Br)(Br)Br)c1Nc1c(Cl)cccc1Cl. The van der Waals surface area contributed by atoms with Gasteiger partial charge in [-0.1, -0.05) is 89.2 Å². The van der Waals surface area contributed by atoms with Crippen LogP contribution in [0.1, 0.15) is 12.5 Å². The van der Waals surface area contributed by atoms with Gasteiger partial charge in [0.05, 0.1) is 21.4 Å².